The molecular weight excluding hydrogens is 234 g/mol. The summed E-state index contributed by atoms with van der Waals surface area (Å²) in [4.78, 5) is 9.22. The number of nitrogens with two attached hydrogens (primary N) is 1. The van der Waals surface area contributed by atoms with Crippen LogP contribution < -0.4 is 5.73 Å². The Labute approximate surface area is 113 Å². The molecule has 1 fully saturated rings. The molecule has 19 heavy (non-hydrogen) atoms. The summed E-state index contributed by atoms with van der Waals surface area (Å²) in [5.74, 6) is 0. The molecule has 0 amide bonds. The maximum absolute atomic E-state index is 6.10. The number of hydrogen-bond acceptors (Lipinski definition) is 3. The van der Waals surface area contributed by atoms with Crippen LogP contribution in [0.3, 0.4) is 0 Å². The van der Waals surface area contributed by atoms with Gasteiger partial charge in [-0.25, -0.2) is 4.98 Å². The van der Waals surface area contributed by atoms with Gasteiger partial charge in [0.25, 0.3) is 0 Å². The van der Waals surface area contributed by atoms with E-state index in [0.29, 0.717) is 0 Å². The molecule has 0 saturated heterocycles. The maximum atomic E-state index is 6.10. The van der Waals surface area contributed by atoms with Gasteiger partial charge >= 0.3 is 0 Å². The van der Waals surface area contributed by atoms with Gasteiger partial charge in [-0.1, -0.05) is 37.1 Å². The van der Waals surface area contributed by atoms with Crippen LogP contribution in [-0.2, 0) is 0 Å². The zero-order chi connectivity index (χ0) is 13.1. The zero-order valence-electron chi connectivity index (χ0n) is 11.0. The van der Waals surface area contributed by atoms with Crippen molar-refractivity contribution in [2.24, 2.45) is 10.7 Å². The molecule has 1 heterocycles. The van der Waals surface area contributed by atoms with Crippen molar-refractivity contribution in [3.63, 3.8) is 0 Å². The van der Waals surface area contributed by atoms with Gasteiger partial charge in [-0.2, -0.15) is 0 Å². The molecule has 0 aliphatic heterocycles. The van der Waals surface area contributed by atoms with E-state index in [1.165, 1.54) is 12.8 Å². The summed E-state index contributed by atoms with van der Waals surface area (Å²) in [5.41, 5.74) is 8.03. The molecule has 1 saturated carbocycles. The van der Waals surface area contributed by atoms with Crippen molar-refractivity contribution in [2.45, 2.75) is 37.8 Å². The first kappa shape index (κ1) is 12.3. The molecule has 1 aliphatic carbocycles. The molecule has 98 valence electrons. The minimum Gasteiger partial charge on any atom is -0.326 e. The van der Waals surface area contributed by atoms with Gasteiger partial charge in [-0.15, -0.1) is 0 Å². The molecule has 0 bridgehead atoms. The van der Waals surface area contributed by atoms with E-state index in [1.54, 1.807) is 0 Å². The van der Waals surface area contributed by atoms with Crippen LogP contribution in [0.1, 0.15) is 31.4 Å². The Kier molecular flexibility index (Phi) is 3.56. The molecule has 0 unspecified atom stereocenters. The van der Waals surface area contributed by atoms with Gasteiger partial charge in [0.15, 0.2) is 0 Å². The first-order valence-corrected chi connectivity index (χ1v) is 6.97. The third-order valence-electron chi connectivity index (χ3n) is 3.80. The Morgan fingerprint density at radius 3 is 2.84 bits per heavy atom. The lowest BCUT2D eigenvalue weighted by atomic mass is 9.91. The Morgan fingerprint density at radius 2 is 1.95 bits per heavy atom. The second-order valence-corrected chi connectivity index (χ2v) is 5.22. The summed E-state index contributed by atoms with van der Waals surface area (Å²) >= 11 is 0. The topological polar surface area (TPSA) is 51.3 Å². The third-order valence-corrected chi connectivity index (χ3v) is 3.80. The van der Waals surface area contributed by atoms with E-state index in [0.717, 1.165) is 29.4 Å². The standard InChI is InChI=1S/C16H19N3/c17-14-6-2-4-8-16(14)18-11-13-10-9-12-5-1-3-7-15(12)19-13/h1,3,5,7,9-11,14,16H,2,4,6,8,17H2/t14-,16-/m1/s1. The first-order chi connectivity index (χ1) is 9.33. The van der Waals surface area contributed by atoms with E-state index in [9.17, 15) is 0 Å². The second-order valence-electron chi connectivity index (χ2n) is 5.22. The highest BCUT2D eigenvalue weighted by molar-refractivity contribution is 5.85. The summed E-state index contributed by atoms with van der Waals surface area (Å²) in [6, 6.07) is 12.7. The molecule has 1 aromatic heterocycles. The molecule has 2 atom stereocenters. The molecule has 2 aromatic rings. The van der Waals surface area contributed by atoms with Crippen molar-refractivity contribution in [3.8, 4) is 0 Å². The highest BCUT2D eigenvalue weighted by Crippen LogP contribution is 2.19. The van der Waals surface area contributed by atoms with Gasteiger partial charge in [0.2, 0.25) is 0 Å². The normalized spacial score (nSPS) is 24.1. The lowest BCUT2D eigenvalue weighted by Gasteiger charge is -2.24. The Bertz CT molecular complexity index is 591. The van der Waals surface area contributed by atoms with Crippen molar-refractivity contribution < 1.29 is 0 Å². The van der Waals surface area contributed by atoms with Crippen LogP contribution in [0.25, 0.3) is 10.9 Å². The highest BCUT2D eigenvalue weighted by atomic mass is 14.9. The molecule has 2 N–H and O–H groups in total. The fraction of sp³-hybridized carbons (Fsp3) is 0.375. The van der Waals surface area contributed by atoms with Crippen LogP contribution in [0.5, 0.6) is 0 Å². The zero-order valence-corrected chi connectivity index (χ0v) is 11.0. The van der Waals surface area contributed by atoms with Crippen molar-refractivity contribution in [2.75, 3.05) is 0 Å². The predicted molar refractivity (Wildman–Crippen MR) is 79.6 cm³/mol. The lowest BCUT2D eigenvalue weighted by Crippen LogP contribution is -2.36. The van der Waals surface area contributed by atoms with Crippen LogP contribution in [0.2, 0.25) is 0 Å². The fourth-order valence-corrected chi connectivity index (χ4v) is 2.65. The minimum atomic E-state index is 0.213. The van der Waals surface area contributed by atoms with E-state index < -0.39 is 0 Å². The molecule has 3 heteroatoms. The predicted octanol–water partition coefficient (Wildman–Crippen LogP) is 2.92. The summed E-state index contributed by atoms with van der Waals surface area (Å²) in [6.45, 7) is 0. The van der Waals surface area contributed by atoms with Gasteiger partial charge in [0.05, 0.1) is 17.3 Å². The van der Waals surface area contributed by atoms with Crippen LogP contribution in [0, 0.1) is 0 Å². The van der Waals surface area contributed by atoms with Crippen molar-refractivity contribution in [3.05, 3.63) is 42.1 Å². The van der Waals surface area contributed by atoms with Gasteiger partial charge in [-0.3, -0.25) is 4.99 Å². The van der Waals surface area contributed by atoms with Crippen LogP contribution in [0.15, 0.2) is 41.4 Å². The van der Waals surface area contributed by atoms with E-state index in [4.69, 9.17) is 5.73 Å². The number of para-hydroxylation sites is 1. The minimum absolute atomic E-state index is 0.213. The van der Waals surface area contributed by atoms with E-state index in [-0.39, 0.29) is 12.1 Å². The molecular formula is C16H19N3. The van der Waals surface area contributed by atoms with Gasteiger partial charge in [0, 0.05) is 17.6 Å². The monoisotopic (exact) mass is 253 g/mol. The lowest BCUT2D eigenvalue weighted by molar-refractivity contribution is 0.387. The van der Waals surface area contributed by atoms with Crippen molar-refractivity contribution in [1.29, 1.82) is 0 Å². The summed E-state index contributed by atoms with van der Waals surface area (Å²) in [7, 11) is 0. The van der Waals surface area contributed by atoms with E-state index in [2.05, 4.69) is 22.1 Å². The fourth-order valence-electron chi connectivity index (χ4n) is 2.65. The smallest absolute Gasteiger partial charge is 0.0815 e. The van der Waals surface area contributed by atoms with Crippen LogP contribution in [-0.4, -0.2) is 23.3 Å². The molecule has 1 aromatic carbocycles. The van der Waals surface area contributed by atoms with Crippen LogP contribution in [0.4, 0.5) is 0 Å². The maximum Gasteiger partial charge on any atom is 0.0815 e. The van der Waals surface area contributed by atoms with Gasteiger partial charge in [0.1, 0.15) is 0 Å². The number of aliphatic imine (C=N–C) groups is 1. The third kappa shape index (κ3) is 2.82. The molecule has 1 aliphatic rings. The second kappa shape index (κ2) is 5.49. The van der Waals surface area contributed by atoms with Crippen molar-refractivity contribution in [1.82, 2.24) is 4.98 Å². The quantitative estimate of drug-likeness (QED) is 0.837. The molecule has 3 nitrogen and oxygen atoms in total. The number of rotatable bonds is 2. The summed E-state index contributed by atoms with van der Waals surface area (Å²) < 4.78 is 0. The van der Waals surface area contributed by atoms with E-state index >= 15 is 0 Å². The average molecular weight is 253 g/mol. The van der Waals surface area contributed by atoms with Crippen molar-refractivity contribution >= 4 is 17.1 Å². The molecule has 0 radical (unpaired) electrons. The van der Waals surface area contributed by atoms with E-state index in [1.807, 2.05) is 30.5 Å². The molecule has 3 rings (SSSR count). The van der Waals surface area contributed by atoms with Gasteiger partial charge < -0.3 is 5.73 Å². The SMILES string of the molecule is N[C@@H]1CCCC[C@H]1N=Cc1ccc2ccccc2n1. The highest BCUT2D eigenvalue weighted by Gasteiger charge is 2.20. The Hall–Kier alpha value is -1.74. The van der Waals surface area contributed by atoms with Crippen LogP contribution >= 0.6 is 0 Å². The average Bonchev–Trinajstić information content (AvgIpc) is 2.46. The largest absolute Gasteiger partial charge is 0.326 e. The number of hydrogen-bond donors (Lipinski definition) is 1. The molecule has 0 spiro atoms. The number of benzene rings is 1. The Morgan fingerprint density at radius 1 is 1.11 bits per heavy atom. The first-order valence-electron chi connectivity index (χ1n) is 6.97. The number of pyridine rings is 1. The number of nitrogens with zero attached hydrogens (tertiary/aromatic N) is 2. The Balaban J connectivity index is 1.80. The number of aromatic nitrogens is 1. The van der Waals surface area contributed by atoms with Gasteiger partial charge in [-0.05, 0) is 25.0 Å². The summed E-state index contributed by atoms with van der Waals surface area (Å²) in [5, 5.41) is 1.16. The summed E-state index contributed by atoms with van der Waals surface area (Å²) in [6.07, 6.45) is 6.54. The number of fused-ring (bicyclic) bond motifs is 1.